The van der Waals surface area contributed by atoms with Crippen molar-refractivity contribution in [2.24, 2.45) is 0 Å². The lowest BCUT2D eigenvalue weighted by Gasteiger charge is -2.31. The summed E-state index contributed by atoms with van der Waals surface area (Å²) in [7, 11) is 3.39. The van der Waals surface area contributed by atoms with E-state index in [-0.39, 0.29) is 6.03 Å². The van der Waals surface area contributed by atoms with E-state index in [2.05, 4.69) is 5.32 Å². The maximum Gasteiger partial charge on any atom is 0.324 e. The highest BCUT2D eigenvalue weighted by Crippen LogP contribution is 2.27. The van der Waals surface area contributed by atoms with E-state index in [0.717, 1.165) is 31.9 Å². The number of piperazine rings is 1. The van der Waals surface area contributed by atoms with Crippen LogP contribution < -0.4 is 15.0 Å². The van der Waals surface area contributed by atoms with E-state index in [9.17, 15) is 4.79 Å². The highest BCUT2D eigenvalue weighted by atomic mass is 16.5. The zero-order valence-corrected chi connectivity index (χ0v) is 10.8. The summed E-state index contributed by atoms with van der Waals surface area (Å²) in [6.45, 7) is 3.20. The molecule has 0 aromatic heterocycles. The molecule has 1 saturated heterocycles. The fraction of sp³-hybridized carbons (Fsp3) is 0.462. The highest BCUT2D eigenvalue weighted by Gasteiger charge is 2.22. The number of carbonyl (C=O) groups excluding carboxylic acids is 1. The lowest BCUT2D eigenvalue weighted by Crippen LogP contribution is -2.50. The average Bonchev–Trinajstić information content (AvgIpc) is 2.46. The van der Waals surface area contributed by atoms with Gasteiger partial charge in [0.1, 0.15) is 5.75 Å². The largest absolute Gasteiger partial charge is 0.495 e. The second-order valence-electron chi connectivity index (χ2n) is 4.25. The van der Waals surface area contributed by atoms with Crippen molar-refractivity contribution in [1.29, 1.82) is 0 Å². The predicted molar refractivity (Wildman–Crippen MR) is 71.2 cm³/mol. The number of anilines is 1. The van der Waals surface area contributed by atoms with Gasteiger partial charge in [0.05, 0.1) is 12.8 Å². The Bertz CT molecular complexity index is 416. The fourth-order valence-electron chi connectivity index (χ4n) is 2.08. The number of urea groups is 1. The van der Waals surface area contributed by atoms with Crippen LogP contribution in [0.4, 0.5) is 10.5 Å². The first-order valence-electron chi connectivity index (χ1n) is 6.10. The van der Waals surface area contributed by atoms with Gasteiger partial charge in [0, 0.05) is 33.2 Å². The summed E-state index contributed by atoms with van der Waals surface area (Å²) in [6.07, 6.45) is 0. The molecule has 1 aromatic carbocycles. The number of methoxy groups -OCH3 is 1. The van der Waals surface area contributed by atoms with Crippen LogP contribution >= 0.6 is 0 Å². The molecule has 1 N–H and O–H groups in total. The first-order chi connectivity index (χ1) is 8.74. The van der Waals surface area contributed by atoms with Gasteiger partial charge in [-0.3, -0.25) is 4.90 Å². The Morgan fingerprint density at radius 1 is 1.33 bits per heavy atom. The molecular weight excluding hydrogens is 230 g/mol. The minimum atomic E-state index is 0.0148. The molecule has 0 radical (unpaired) electrons. The van der Waals surface area contributed by atoms with Crippen molar-refractivity contribution in [2.75, 3.05) is 45.2 Å². The number of amides is 2. The van der Waals surface area contributed by atoms with Crippen molar-refractivity contribution >= 4 is 11.7 Å². The Labute approximate surface area is 107 Å². The molecule has 2 rings (SSSR count). The molecule has 0 spiro atoms. The summed E-state index contributed by atoms with van der Waals surface area (Å²) in [4.78, 5) is 15.8. The Balaban J connectivity index is 2.14. The maximum atomic E-state index is 12.3. The third-order valence-corrected chi connectivity index (χ3v) is 3.12. The molecule has 5 nitrogen and oxygen atoms in total. The van der Waals surface area contributed by atoms with Gasteiger partial charge in [-0.2, -0.15) is 0 Å². The molecule has 1 aliphatic heterocycles. The van der Waals surface area contributed by atoms with Crippen molar-refractivity contribution in [3.8, 4) is 5.75 Å². The summed E-state index contributed by atoms with van der Waals surface area (Å²) in [6, 6.07) is 7.56. The van der Waals surface area contributed by atoms with Crippen LogP contribution in [-0.2, 0) is 0 Å². The van der Waals surface area contributed by atoms with Crippen molar-refractivity contribution in [3.63, 3.8) is 0 Å². The first-order valence-corrected chi connectivity index (χ1v) is 6.10. The molecule has 1 heterocycles. The first kappa shape index (κ1) is 12.7. The molecule has 5 heteroatoms. The van der Waals surface area contributed by atoms with Crippen molar-refractivity contribution < 1.29 is 9.53 Å². The quantitative estimate of drug-likeness (QED) is 0.855. The number of para-hydroxylation sites is 2. The van der Waals surface area contributed by atoms with Crippen molar-refractivity contribution in [2.45, 2.75) is 0 Å². The van der Waals surface area contributed by atoms with Gasteiger partial charge in [-0.15, -0.1) is 0 Å². The van der Waals surface area contributed by atoms with Gasteiger partial charge in [-0.25, -0.2) is 4.79 Å². The average molecular weight is 249 g/mol. The van der Waals surface area contributed by atoms with Gasteiger partial charge >= 0.3 is 6.03 Å². The molecule has 1 aromatic rings. The predicted octanol–water partition coefficient (Wildman–Crippen LogP) is 1.16. The van der Waals surface area contributed by atoms with Gasteiger partial charge in [-0.1, -0.05) is 12.1 Å². The molecule has 0 bridgehead atoms. The number of hydrogen-bond acceptors (Lipinski definition) is 3. The van der Waals surface area contributed by atoms with Gasteiger partial charge < -0.3 is 15.0 Å². The molecule has 2 amide bonds. The third-order valence-electron chi connectivity index (χ3n) is 3.12. The zero-order chi connectivity index (χ0) is 13.0. The van der Waals surface area contributed by atoms with E-state index >= 15 is 0 Å². The van der Waals surface area contributed by atoms with Crippen molar-refractivity contribution in [1.82, 2.24) is 10.2 Å². The Morgan fingerprint density at radius 3 is 2.67 bits per heavy atom. The topological polar surface area (TPSA) is 44.8 Å². The van der Waals surface area contributed by atoms with Gasteiger partial charge in [0.2, 0.25) is 0 Å². The molecule has 0 aliphatic carbocycles. The smallest absolute Gasteiger partial charge is 0.324 e. The minimum Gasteiger partial charge on any atom is -0.495 e. The third kappa shape index (κ3) is 2.56. The zero-order valence-electron chi connectivity index (χ0n) is 10.8. The second kappa shape index (κ2) is 5.73. The normalized spacial score (nSPS) is 15.3. The highest BCUT2D eigenvalue weighted by molar-refractivity contribution is 5.93. The lowest BCUT2D eigenvalue weighted by molar-refractivity contribution is 0.198. The number of nitrogens with zero attached hydrogens (tertiary/aromatic N) is 2. The van der Waals surface area contributed by atoms with E-state index in [1.165, 1.54) is 0 Å². The summed E-state index contributed by atoms with van der Waals surface area (Å²) in [5.41, 5.74) is 0.795. The summed E-state index contributed by atoms with van der Waals surface area (Å²) >= 11 is 0. The monoisotopic (exact) mass is 249 g/mol. The van der Waals surface area contributed by atoms with Gasteiger partial charge in [0.15, 0.2) is 0 Å². The molecular formula is C13H19N3O2. The Kier molecular flexibility index (Phi) is 4.04. The van der Waals surface area contributed by atoms with E-state index in [0.29, 0.717) is 5.75 Å². The summed E-state index contributed by atoms with van der Waals surface area (Å²) in [5.74, 6) is 0.712. The van der Waals surface area contributed by atoms with Crippen LogP contribution in [0.25, 0.3) is 0 Å². The summed E-state index contributed by atoms with van der Waals surface area (Å²) in [5, 5.41) is 3.23. The molecule has 98 valence electrons. The lowest BCUT2D eigenvalue weighted by atomic mass is 10.2. The van der Waals surface area contributed by atoms with Crippen LogP contribution in [0.15, 0.2) is 24.3 Å². The van der Waals surface area contributed by atoms with Crippen LogP contribution in [0.5, 0.6) is 5.75 Å². The van der Waals surface area contributed by atoms with Crippen molar-refractivity contribution in [3.05, 3.63) is 24.3 Å². The second-order valence-corrected chi connectivity index (χ2v) is 4.25. The number of benzene rings is 1. The van der Waals surface area contributed by atoms with Gasteiger partial charge in [0.25, 0.3) is 0 Å². The Morgan fingerprint density at radius 2 is 2.00 bits per heavy atom. The molecule has 18 heavy (non-hydrogen) atoms. The number of ether oxygens (including phenoxy) is 1. The number of hydrogen-bond donors (Lipinski definition) is 1. The summed E-state index contributed by atoms with van der Waals surface area (Å²) < 4.78 is 5.28. The van der Waals surface area contributed by atoms with Crippen LogP contribution in [0, 0.1) is 0 Å². The fourth-order valence-corrected chi connectivity index (χ4v) is 2.08. The van der Waals surface area contributed by atoms with Crippen LogP contribution in [0.2, 0.25) is 0 Å². The van der Waals surface area contributed by atoms with Gasteiger partial charge in [-0.05, 0) is 12.1 Å². The molecule has 1 aliphatic rings. The number of carbonyl (C=O) groups is 1. The van der Waals surface area contributed by atoms with Crippen LogP contribution in [0.1, 0.15) is 0 Å². The molecule has 0 unspecified atom stereocenters. The molecule has 0 atom stereocenters. The number of rotatable bonds is 2. The van der Waals surface area contributed by atoms with E-state index in [4.69, 9.17) is 4.74 Å². The Hall–Kier alpha value is -1.75. The van der Waals surface area contributed by atoms with E-state index < -0.39 is 0 Å². The van der Waals surface area contributed by atoms with Crippen LogP contribution in [0.3, 0.4) is 0 Å². The SMILES string of the molecule is COc1ccccc1N(C)C(=O)N1CCNCC1. The van der Waals surface area contributed by atoms with Crippen LogP contribution in [-0.4, -0.2) is 51.3 Å². The maximum absolute atomic E-state index is 12.3. The van der Waals surface area contributed by atoms with E-state index in [1.54, 1.807) is 19.1 Å². The standard InChI is InChI=1S/C13H19N3O2/c1-15(11-5-3-4-6-12(11)18-2)13(17)16-9-7-14-8-10-16/h3-6,14H,7-10H2,1-2H3. The molecule has 0 saturated carbocycles. The van der Waals surface area contributed by atoms with E-state index in [1.807, 2.05) is 29.2 Å². The number of nitrogens with one attached hydrogen (secondary N) is 1. The molecule has 1 fully saturated rings. The minimum absolute atomic E-state index is 0.0148.